The van der Waals surface area contributed by atoms with E-state index in [9.17, 15) is 0 Å². The number of hydrogen-bond acceptors (Lipinski definition) is 3. The Balaban J connectivity index is 2.97. The summed E-state index contributed by atoms with van der Waals surface area (Å²) in [6.45, 7) is 7.06. The Morgan fingerprint density at radius 3 is 2.60 bits per heavy atom. The second kappa shape index (κ2) is 6.99. The van der Waals surface area contributed by atoms with Gasteiger partial charge in [0.15, 0.2) is 0 Å². The van der Waals surface area contributed by atoms with Gasteiger partial charge in [-0.25, -0.2) is 0 Å². The van der Waals surface area contributed by atoms with Crippen molar-refractivity contribution in [2.24, 2.45) is 5.73 Å². The monoisotopic (exact) mass is 145 g/mol. The zero-order valence-electron chi connectivity index (χ0n) is 7.06. The predicted molar refractivity (Wildman–Crippen MR) is 45.1 cm³/mol. The van der Waals surface area contributed by atoms with Gasteiger partial charge in [-0.05, 0) is 13.6 Å². The molecule has 10 heavy (non-hydrogen) atoms. The van der Waals surface area contributed by atoms with Crippen LogP contribution in [-0.2, 0) is 0 Å². The molecule has 3 nitrogen and oxygen atoms in total. The molecule has 3 N–H and O–H groups in total. The van der Waals surface area contributed by atoms with Gasteiger partial charge < -0.3 is 16.0 Å². The van der Waals surface area contributed by atoms with Crippen molar-refractivity contribution in [2.45, 2.75) is 6.92 Å². The summed E-state index contributed by atoms with van der Waals surface area (Å²) in [5.41, 5.74) is 5.37. The van der Waals surface area contributed by atoms with Crippen LogP contribution in [-0.4, -0.2) is 44.7 Å². The maximum Gasteiger partial charge on any atom is 0.0104 e. The molecule has 0 spiro atoms. The third-order valence-electron chi connectivity index (χ3n) is 1.43. The van der Waals surface area contributed by atoms with Crippen molar-refractivity contribution >= 4 is 0 Å². The predicted octanol–water partition coefficient (Wildman–Crippen LogP) is -0.514. The minimum absolute atomic E-state index is 0.753. The average molecular weight is 145 g/mol. The first-order valence-corrected chi connectivity index (χ1v) is 3.90. The second-order valence-corrected chi connectivity index (χ2v) is 2.45. The molecule has 0 aromatic rings. The minimum Gasteiger partial charge on any atom is -0.329 e. The topological polar surface area (TPSA) is 41.3 Å². The molecular formula is C7H19N3. The van der Waals surface area contributed by atoms with Gasteiger partial charge in [0.1, 0.15) is 0 Å². The van der Waals surface area contributed by atoms with Crippen LogP contribution in [0.15, 0.2) is 0 Å². The fraction of sp³-hybridized carbons (Fsp3) is 1.00. The Morgan fingerprint density at radius 1 is 1.40 bits per heavy atom. The number of rotatable bonds is 6. The molecule has 0 unspecified atom stereocenters. The molecule has 0 amide bonds. The molecule has 0 radical (unpaired) electrons. The maximum absolute atomic E-state index is 5.37. The lowest BCUT2D eigenvalue weighted by atomic mass is 10.5. The molecule has 0 aromatic carbocycles. The molecule has 62 valence electrons. The summed E-state index contributed by atoms with van der Waals surface area (Å²) in [4.78, 5) is 2.22. The van der Waals surface area contributed by atoms with Gasteiger partial charge in [0.2, 0.25) is 0 Å². The van der Waals surface area contributed by atoms with Crippen molar-refractivity contribution in [3.8, 4) is 0 Å². The highest BCUT2D eigenvalue weighted by molar-refractivity contribution is 4.53. The highest BCUT2D eigenvalue weighted by atomic mass is 15.1. The number of nitrogens with two attached hydrogens (primary N) is 1. The van der Waals surface area contributed by atoms with Crippen LogP contribution in [0.1, 0.15) is 6.92 Å². The van der Waals surface area contributed by atoms with Crippen LogP contribution >= 0.6 is 0 Å². The van der Waals surface area contributed by atoms with Crippen LogP contribution in [0.2, 0.25) is 0 Å². The number of nitrogens with zero attached hydrogens (tertiary/aromatic N) is 1. The van der Waals surface area contributed by atoms with Gasteiger partial charge in [0.25, 0.3) is 0 Å². The Hall–Kier alpha value is -0.120. The van der Waals surface area contributed by atoms with E-state index in [4.69, 9.17) is 5.73 Å². The first-order chi connectivity index (χ1) is 4.81. The van der Waals surface area contributed by atoms with Crippen molar-refractivity contribution in [3.05, 3.63) is 0 Å². The molecule has 0 saturated carbocycles. The lowest BCUT2D eigenvalue weighted by Gasteiger charge is -2.14. The van der Waals surface area contributed by atoms with Gasteiger partial charge in [0.05, 0.1) is 0 Å². The van der Waals surface area contributed by atoms with Crippen LogP contribution in [0.25, 0.3) is 0 Å². The summed E-state index contributed by atoms with van der Waals surface area (Å²) < 4.78 is 0. The van der Waals surface area contributed by atoms with Gasteiger partial charge in [-0.3, -0.25) is 0 Å². The SMILES string of the molecule is CCNCCN(C)CCN. The summed E-state index contributed by atoms with van der Waals surface area (Å²) >= 11 is 0. The van der Waals surface area contributed by atoms with E-state index in [0.29, 0.717) is 0 Å². The van der Waals surface area contributed by atoms with E-state index in [-0.39, 0.29) is 0 Å². The van der Waals surface area contributed by atoms with Crippen LogP contribution < -0.4 is 11.1 Å². The van der Waals surface area contributed by atoms with E-state index < -0.39 is 0 Å². The van der Waals surface area contributed by atoms with Crippen LogP contribution in [0.5, 0.6) is 0 Å². The van der Waals surface area contributed by atoms with Crippen molar-refractivity contribution < 1.29 is 0 Å². The molecule has 0 aliphatic carbocycles. The van der Waals surface area contributed by atoms with E-state index in [1.165, 1.54) is 0 Å². The Kier molecular flexibility index (Phi) is 6.91. The summed E-state index contributed by atoms with van der Waals surface area (Å²) in [6.07, 6.45) is 0. The summed E-state index contributed by atoms with van der Waals surface area (Å²) in [5, 5.41) is 3.26. The highest BCUT2D eigenvalue weighted by Crippen LogP contribution is 1.76. The number of likely N-dealkylation sites (N-methyl/N-ethyl adjacent to an activating group) is 2. The van der Waals surface area contributed by atoms with Crippen LogP contribution in [0.3, 0.4) is 0 Å². The van der Waals surface area contributed by atoms with Crippen molar-refractivity contribution in [2.75, 3.05) is 39.8 Å². The minimum atomic E-state index is 0.753. The standard InChI is InChI=1S/C7H19N3/c1-3-9-5-7-10(2)6-4-8/h9H,3-8H2,1-2H3. The van der Waals surface area contributed by atoms with Gasteiger partial charge in [-0.2, -0.15) is 0 Å². The fourth-order valence-corrected chi connectivity index (χ4v) is 0.779. The Labute approximate surface area is 63.6 Å². The summed E-state index contributed by atoms with van der Waals surface area (Å²) in [5.74, 6) is 0. The summed E-state index contributed by atoms with van der Waals surface area (Å²) in [6, 6.07) is 0. The molecule has 0 heterocycles. The van der Waals surface area contributed by atoms with Gasteiger partial charge in [-0.1, -0.05) is 6.92 Å². The fourth-order valence-electron chi connectivity index (χ4n) is 0.779. The highest BCUT2D eigenvalue weighted by Gasteiger charge is 1.93. The lowest BCUT2D eigenvalue weighted by molar-refractivity contribution is 0.342. The molecule has 3 heteroatoms. The zero-order valence-corrected chi connectivity index (χ0v) is 7.06. The largest absolute Gasteiger partial charge is 0.329 e. The van der Waals surface area contributed by atoms with Crippen LogP contribution in [0, 0.1) is 0 Å². The molecule has 0 aromatic heterocycles. The Morgan fingerprint density at radius 2 is 2.10 bits per heavy atom. The van der Waals surface area contributed by atoms with Gasteiger partial charge in [-0.15, -0.1) is 0 Å². The quantitative estimate of drug-likeness (QED) is 0.494. The number of hydrogen-bond donors (Lipinski definition) is 2. The van der Waals surface area contributed by atoms with Crippen LogP contribution in [0.4, 0.5) is 0 Å². The van der Waals surface area contributed by atoms with E-state index in [2.05, 4.69) is 24.2 Å². The molecule has 0 fully saturated rings. The smallest absolute Gasteiger partial charge is 0.0104 e. The molecule has 0 atom stereocenters. The third-order valence-corrected chi connectivity index (χ3v) is 1.43. The van der Waals surface area contributed by atoms with E-state index >= 15 is 0 Å². The lowest BCUT2D eigenvalue weighted by Crippen LogP contribution is -2.32. The number of nitrogens with one attached hydrogen (secondary N) is 1. The van der Waals surface area contributed by atoms with Crippen molar-refractivity contribution in [1.29, 1.82) is 0 Å². The Bertz CT molecular complexity index is 65.9. The molecular weight excluding hydrogens is 126 g/mol. The molecule has 0 rings (SSSR count). The van der Waals surface area contributed by atoms with Gasteiger partial charge in [0, 0.05) is 26.2 Å². The van der Waals surface area contributed by atoms with Crippen molar-refractivity contribution in [3.63, 3.8) is 0 Å². The maximum atomic E-state index is 5.37. The zero-order chi connectivity index (χ0) is 7.82. The van der Waals surface area contributed by atoms with Gasteiger partial charge >= 0.3 is 0 Å². The molecule has 0 aliphatic rings. The first-order valence-electron chi connectivity index (χ1n) is 3.90. The average Bonchev–Trinajstić information content (AvgIpc) is 1.89. The van der Waals surface area contributed by atoms with Crippen molar-refractivity contribution in [1.82, 2.24) is 10.2 Å². The second-order valence-electron chi connectivity index (χ2n) is 2.45. The summed E-state index contributed by atoms with van der Waals surface area (Å²) in [7, 11) is 2.09. The normalized spacial score (nSPS) is 10.8. The third kappa shape index (κ3) is 6.01. The first kappa shape index (κ1) is 9.88. The van der Waals surface area contributed by atoms with E-state index in [0.717, 1.165) is 32.7 Å². The molecule has 0 bridgehead atoms. The molecule has 0 saturated heterocycles. The molecule has 0 aliphatic heterocycles. The van der Waals surface area contributed by atoms with E-state index in [1.54, 1.807) is 0 Å². The van der Waals surface area contributed by atoms with E-state index in [1.807, 2.05) is 0 Å².